The van der Waals surface area contributed by atoms with Crippen LogP contribution in [0.5, 0.6) is 0 Å². The minimum atomic E-state index is -2.03. The number of aryl methyl sites for hydroxylation is 1. The number of hydrogen-bond acceptors (Lipinski definition) is 20. The summed E-state index contributed by atoms with van der Waals surface area (Å²) in [6.07, 6.45) is -4.35. The monoisotopic (exact) mass is 1180 g/mol. The maximum Gasteiger partial charge on any atom is 0.343 e. The van der Waals surface area contributed by atoms with Gasteiger partial charge < -0.3 is 81.9 Å². The van der Waals surface area contributed by atoms with Gasteiger partial charge in [-0.3, -0.25) is 33.6 Å². The fourth-order valence-corrected chi connectivity index (χ4v) is 11.0. The number of fused-ring (bicyclic) bond motifs is 5. The molecule has 0 bridgehead atoms. The Kier molecular flexibility index (Phi) is 19.1. The second kappa shape index (κ2) is 26.4. The van der Waals surface area contributed by atoms with Crippen molar-refractivity contribution in [2.45, 2.75) is 126 Å². The van der Waals surface area contributed by atoms with E-state index in [0.29, 0.717) is 46.6 Å². The number of cyclic esters (lactones) is 1. The number of benzene rings is 2. The van der Waals surface area contributed by atoms with Crippen LogP contribution in [0, 0.1) is 12.7 Å². The molecule has 9 rings (SSSR count). The van der Waals surface area contributed by atoms with Crippen molar-refractivity contribution in [3.63, 3.8) is 0 Å². The zero-order valence-electron chi connectivity index (χ0n) is 46.5. The zero-order valence-corrected chi connectivity index (χ0v) is 46.5. The van der Waals surface area contributed by atoms with E-state index in [-0.39, 0.29) is 76.3 Å². The molecule has 13 N–H and O–H groups in total. The van der Waals surface area contributed by atoms with Crippen molar-refractivity contribution in [3.05, 3.63) is 109 Å². The van der Waals surface area contributed by atoms with E-state index in [9.17, 15) is 63.9 Å². The highest BCUT2D eigenvalue weighted by Crippen LogP contribution is 2.47. The molecule has 0 spiro atoms. The first kappa shape index (κ1) is 61.4. The Hall–Kier alpha value is -8.16. The summed E-state index contributed by atoms with van der Waals surface area (Å²) in [7, 11) is 0. The molecule has 4 aliphatic rings. The molecule has 0 radical (unpaired) electrons. The van der Waals surface area contributed by atoms with E-state index in [1.165, 1.54) is 6.07 Å². The van der Waals surface area contributed by atoms with Crippen LogP contribution in [0.25, 0.3) is 22.3 Å². The van der Waals surface area contributed by atoms with E-state index < -0.39 is 133 Å². The lowest BCUT2D eigenvalue weighted by Gasteiger charge is -2.40. The molecule has 1 fully saturated rings. The average Bonchev–Trinajstić information content (AvgIpc) is 1.95. The number of carbonyl (C=O) groups excluding carboxylic acids is 7. The van der Waals surface area contributed by atoms with Crippen molar-refractivity contribution in [2.75, 3.05) is 46.1 Å². The Morgan fingerprint density at radius 3 is 2.35 bits per heavy atom. The SMILES string of the molecule is CC[C@@]1(O)C(=O)OCc2c1cc1n(c2=O)Cc2c-1nc1cc(F)c(C)c3c1c2[C@@H](n1cc(CCOCNC(=O)CNC(=O)[C@H](Cc2ccccc2)NC(=O)CNC(=O)CNC(=O)[C@@H](N)CCC(=O)NC[C@@H]2O[C@H](CO)[C@@H](O)[C@H](O)[C@H]2O)nn1)CC3. The molecule has 0 saturated carbocycles. The number of nitrogens with two attached hydrogens (primary N) is 1. The van der Waals surface area contributed by atoms with E-state index in [0.717, 1.165) is 22.1 Å². The molecule has 454 valence electrons. The normalized spacial score (nSPS) is 21.8. The number of nitrogens with zero attached hydrogens (tertiary/aromatic N) is 5. The van der Waals surface area contributed by atoms with Crippen LogP contribution in [-0.2, 0) is 85.8 Å². The molecule has 1 saturated heterocycles. The van der Waals surface area contributed by atoms with Crippen molar-refractivity contribution in [2.24, 2.45) is 5.73 Å². The molecule has 9 atom stereocenters. The summed E-state index contributed by atoms with van der Waals surface area (Å²) in [5.74, 6) is -5.49. The van der Waals surface area contributed by atoms with Gasteiger partial charge in [0.25, 0.3) is 5.56 Å². The minimum Gasteiger partial charge on any atom is -0.458 e. The van der Waals surface area contributed by atoms with Crippen LogP contribution in [0.1, 0.15) is 83.3 Å². The Balaban J connectivity index is 0.722. The standard InChI is InChI=1S/C56H67FN12O16/c1-3-56(82)33-16-39-48-31(23-68(39)54(80)32(33)25-84-55(56)81)47-38(11-9-30-27(2)34(57)17-36(65-48)46(30)47)69-22-29(66-67-69)13-14-83-26-63-44(73)20-62-53(79)37(15-28-7-5-4-6-8-28)64-45(74)21-60-43(72)19-61-52(78)35(58)10-12-42(71)59-18-40-49(75)51(77)50(76)41(24-70)85-40/h4-8,16-17,22,35,37-38,40-41,49-51,70,75-77,82H,3,9-15,18-21,23-26,58H2,1-2H3,(H,59,71)(H,60,72)(H,61,78)(H,62,79)(H,63,73)(H,64,74)/t35-,37-,38-,40-,41+,49-,50+,51+,56-/m0/s1. The van der Waals surface area contributed by atoms with Crippen LogP contribution in [0.4, 0.5) is 4.39 Å². The van der Waals surface area contributed by atoms with Gasteiger partial charge in [-0.2, -0.15) is 0 Å². The molecule has 1 aliphatic carbocycles. The van der Waals surface area contributed by atoms with E-state index in [2.05, 4.69) is 42.2 Å². The third-order valence-electron chi connectivity index (χ3n) is 15.8. The predicted molar refractivity (Wildman–Crippen MR) is 293 cm³/mol. The van der Waals surface area contributed by atoms with E-state index in [1.54, 1.807) is 65.7 Å². The number of hydrogen-bond donors (Lipinski definition) is 12. The lowest BCUT2D eigenvalue weighted by molar-refractivity contribution is -0.227. The van der Waals surface area contributed by atoms with Gasteiger partial charge in [0.1, 0.15) is 55.7 Å². The topological polar surface area (TPSA) is 412 Å². The van der Waals surface area contributed by atoms with Gasteiger partial charge in [0.2, 0.25) is 35.4 Å². The summed E-state index contributed by atoms with van der Waals surface area (Å²) in [6, 6.07) is 8.89. The smallest absolute Gasteiger partial charge is 0.343 e. The van der Waals surface area contributed by atoms with Gasteiger partial charge in [0.15, 0.2) is 5.60 Å². The van der Waals surface area contributed by atoms with Crippen LogP contribution >= 0.6 is 0 Å². The van der Waals surface area contributed by atoms with Crippen LogP contribution in [0.3, 0.4) is 0 Å². The largest absolute Gasteiger partial charge is 0.458 e. The first-order valence-electron chi connectivity index (χ1n) is 27.8. The van der Waals surface area contributed by atoms with Crippen LogP contribution in [-0.4, -0.2) is 180 Å². The number of aromatic nitrogens is 5. The lowest BCUT2D eigenvalue weighted by atomic mass is 9.81. The van der Waals surface area contributed by atoms with Gasteiger partial charge >= 0.3 is 5.97 Å². The van der Waals surface area contributed by atoms with Gasteiger partial charge in [-0.05, 0) is 60.9 Å². The lowest BCUT2D eigenvalue weighted by Crippen LogP contribution is -2.60. The Bertz CT molecular complexity index is 3450. The van der Waals surface area contributed by atoms with Crippen molar-refractivity contribution >= 4 is 52.3 Å². The fourth-order valence-electron chi connectivity index (χ4n) is 11.0. The molecule has 85 heavy (non-hydrogen) atoms. The number of amides is 6. The molecule has 6 heterocycles. The summed E-state index contributed by atoms with van der Waals surface area (Å²) in [5.41, 5.74) is 9.06. The predicted octanol–water partition coefficient (Wildman–Crippen LogP) is -3.57. The summed E-state index contributed by atoms with van der Waals surface area (Å²) in [6.45, 7) is 0.473. The average molecular weight is 1180 g/mol. The number of aliphatic hydroxyl groups excluding tert-OH is 4. The Morgan fingerprint density at radius 1 is 0.894 bits per heavy atom. The number of carbonyl (C=O) groups is 7. The maximum absolute atomic E-state index is 15.5. The molecular weight excluding hydrogens is 1120 g/mol. The third-order valence-corrected chi connectivity index (χ3v) is 15.8. The molecule has 2 aromatic carbocycles. The first-order chi connectivity index (χ1) is 40.7. The molecule has 3 aliphatic heterocycles. The molecule has 28 nitrogen and oxygen atoms in total. The number of rotatable bonds is 24. The number of aliphatic hydroxyl groups is 5. The summed E-state index contributed by atoms with van der Waals surface area (Å²) >= 11 is 0. The summed E-state index contributed by atoms with van der Waals surface area (Å²) in [5, 5.41) is 75.2. The van der Waals surface area contributed by atoms with Crippen LogP contribution in [0.15, 0.2) is 53.5 Å². The maximum atomic E-state index is 15.5. The van der Waals surface area contributed by atoms with Crippen molar-refractivity contribution < 1.29 is 77.7 Å². The fraction of sp³-hybridized carbons (Fsp3) is 0.482. The molecule has 0 unspecified atom stereocenters. The van der Waals surface area contributed by atoms with Crippen molar-refractivity contribution in [1.29, 1.82) is 0 Å². The van der Waals surface area contributed by atoms with E-state index in [1.807, 2.05) is 0 Å². The van der Waals surface area contributed by atoms with Crippen molar-refractivity contribution in [1.82, 2.24) is 56.4 Å². The zero-order chi connectivity index (χ0) is 60.9. The van der Waals surface area contributed by atoms with Gasteiger partial charge in [0, 0.05) is 54.6 Å². The van der Waals surface area contributed by atoms with Gasteiger partial charge in [-0.25, -0.2) is 18.9 Å². The second-order valence-electron chi connectivity index (χ2n) is 21.3. The Morgan fingerprint density at radius 2 is 1.61 bits per heavy atom. The van der Waals surface area contributed by atoms with Crippen LogP contribution < -0.4 is 43.2 Å². The highest BCUT2D eigenvalue weighted by molar-refractivity contribution is 5.95. The van der Waals surface area contributed by atoms with Crippen molar-refractivity contribution in [3.8, 4) is 11.4 Å². The molecule has 3 aromatic heterocycles. The number of nitrogens with one attached hydrogen (secondary N) is 6. The highest BCUT2D eigenvalue weighted by Gasteiger charge is 2.47. The van der Waals surface area contributed by atoms with Gasteiger partial charge in [-0.15, -0.1) is 5.10 Å². The second-order valence-corrected chi connectivity index (χ2v) is 21.3. The molecular formula is C56H67FN12O16. The number of esters is 1. The number of pyridine rings is 2. The number of halogens is 1. The summed E-state index contributed by atoms with van der Waals surface area (Å²) in [4.78, 5) is 109. The van der Waals surface area contributed by atoms with E-state index in [4.69, 9.17) is 24.9 Å². The third kappa shape index (κ3) is 13.2. The van der Waals surface area contributed by atoms with Crippen LogP contribution in [0.2, 0.25) is 0 Å². The quantitative estimate of drug-likeness (QED) is 0.0158. The highest BCUT2D eigenvalue weighted by atomic mass is 19.1. The molecule has 6 amide bonds. The minimum absolute atomic E-state index is 0.0205. The molecule has 5 aromatic rings. The van der Waals surface area contributed by atoms with Gasteiger partial charge in [-0.1, -0.05) is 42.5 Å². The Labute approximate surface area is 484 Å². The van der Waals surface area contributed by atoms with Gasteiger partial charge in [0.05, 0.1) is 79.6 Å². The summed E-state index contributed by atoms with van der Waals surface area (Å²) < 4.78 is 35.0. The van der Waals surface area contributed by atoms with E-state index >= 15 is 4.39 Å². The first-order valence-corrected chi connectivity index (χ1v) is 27.8. The molecule has 29 heteroatoms. The number of ether oxygens (including phenoxy) is 3.